The van der Waals surface area contributed by atoms with Crippen LogP contribution >= 0.6 is 0 Å². The minimum Gasteiger partial charge on any atom is -0.497 e. The van der Waals surface area contributed by atoms with Gasteiger partial charge >= 0.3 is 6.09 Å². The molecule has 13 heteroatoms. The second kappa shape index (κ2) is 15.8. The number of benzene rings is 2. The van der Waals surface area contributed by atoms with E-state index in [1.54, 1.807) is 50.8 Å². The van der Waals surface area contributed by atoms with Crippen molar-refractivity contribution in [1.29, 1.82) is 0 Å². The molecular weight excluding hydrogens is 616 g/mol. The second-order valence-electron chi connectivity index (χ2n) is 13.2. The van der Waals surface area contributed by atoms with Gasteiger partial charge in [-0.2, -0.15) is 0 Å². The summed E-state index contributed by atoms with van der Waals surface area (Å²) in [6.07, 6.45) is 4.16. The first-order valence-electron chi connectivity index (χ1n) is 16.0. The van der Waals surface area contributed by atoms with Gasteiger partial charge in [0.1, 0.15) is 29.0 Å². The number of hydrogen-bond donors (Lipinski definition) is 3. The number of amides is 4. The molecule has 1 aliphatic rings. The molecular formula is C35H46N6O7. The first kappa shape index (κ1) is 35.9. The fourth-order valence-electron chi connectivity index (χ4n) is 5.13. The van der Waals surface area contributed by atoms with E-state index in [1.807, 2.05) is 47.4 Å². The minimum atomic E-state index is -1.43. The van der Waals surface area contributed by atoms with Gasteiger partial charge in [0.05, 0.1) is 26.7 Å². The van der Waals surface area contributed by atoms with Gasteiger partial charge in [0.15, 0.2) is 5.82 Å². The molecule has 13 nitrogen and oxygen atoms in total. The van der Waals surface area contributed by atoms with Gasteiger partial charge in [-0.3, -0.25) is 14.4 Å². The van der Waals surface area contributed by atoms with Crippen molar-refractivity contribution in [1.82, 2.24) is 25.1 Å². The van der Waals surface area contributed by atoms with Crippen LogP contribution in [0.3, 0.4) is 0 Å². The Bertz CT molecular complexity index is 1560. The van der Waals surface area contributed by atoms with Crippen LogP contribution in [-0.2, 0) is 30.5 Å². The van der Waals surface area contributed by atoms with E-state index in [0.717, 1.165) is 18.4 Å². The van der Waals surface area contributed by atoms with Gasteiger partial charge in [0, 0.05) is 19.3 Å². The lowest BCUT2D eigenvalue weighted by atomic mass is 10.0. The van der Waals surface area contributed by atoms with Crippen molar-refractivity contribution >= 4 is 29.6 Å². The zero-order valence-corrected chi connectivity index (χ0v) is 28.4. The number of ether oxygens (including phenoxy) is 3. The average molecular weight is 663 g/mol. The molecule has 0 radical (unpaired) electrons. The van der Waals surface area contributed by atoms with Crippen LogP contribution in [0, 0.1) is 0 Å². The van der Waals surface area contributed by atoms with Crippen molar-refractivity contribution in [3.05, 3.63) is 78.2 Å². The molecule has 2 heterocycles. The molecule has 1 aliphatic heterocycles. The highest BCUT2D eigenvalue weighted by Crippen LogP contribution is 2.27. The van der Waals surface area contributed by atoms with Crippen molar-refractivity contribution < 1.29 is 33.4 Å². The highest BCUT2D eigenvalue weighted by atomic mass is 16.6. The first-order valence-corrected chi connectivity index (χ1v) is 16.0. The molecule has 1 saturated heterocycles. The lowest BCUT2D eigenvalue weighted by Gasteiger charge is -2.29. The summed E-state index contributed by atoms with van der Waals surface area (Å²) in [5.74, 6) is -0.528. The lowest BCUT2D eigenvalue weighted by molar-refractivity contribution is -0.132. The normalized spacial score (nSPS) is 14.5. The van der Waals surface area contributed by atoms with Crippen molar-refractivity contribution in [2.45, 2.75) is 77.3 Å². The SMILES string of the molecule is COc1cccc(C(C(=O)N2CCCC2)n2cnc(NC(=O)C(COCc3ccccc3)NC(=O)C(C)(C)NC(=O)OC(C)(C)C)c2)c1. The molecule has 258 valence electrons. The van der Waals surface area contributed by atoms with Gasteiger partial charge in [0.2, 0.25) is 11.8 Å². The zero-order chi connectivity index (χ0) is 34.9. The topological polar surface area (TPSA) is 153 Å². The standard InChI is InChI=1S/C35H46N6O7/c1-34(2,3)48-33(45)39-35(4,5)32(44)37-27(22-47-21-24-13-8-7-9-14-24)30(42)38-28-20-41(23-36-28)29(31(43)40-17-10-11-18-40)25-15-12-16-26(19-25)46-6/h7-9,12-16,19-20,23,27,29H,10-11,17-18,21-22H2,1-6H3,(H,37,44)(H,38,42)(H,39,45). The Balaban J connectivity index is 1.52. The summed E-state index contributed by atoms with van der Waals surface area (Å²) in [7, 11) is 1.56. The quantitative estimate of drug-likeness (QED) is 0.248. The van der Waals surface area contributed by atoms with Crippen LogP contribution in [0.25, 0.3) is 0 Å². The summed E-state index contributed by atoms with van der Waals surface area (Å²) >= 11 is 0. The van der Waals surface area contributed by atoms with Gasteiger partial charge in [-0.15, -0.1) is 0 Å². The molecule has 1 aromatic heterocycles. The maximum atomic E-state index is 13.7. The number of imidazole rings is 1. The van der Waals surface area contributed by atoms with E-state index in [0.29, 0.717) is 24.4 Å². The molecule has 2 aromatic carbocycles. The molecule has 4 amide bonds. The summed E-state index contributed by atoms with van der Waals surface area (Å²) in [4.78, 5) is 59.4. The van der Waals surface area contributed by atoms with E-state index in [-0.39, 0.29) is 24.9 Å². The third-order valence-corrected chi connectivity index (χ3v) is 7.61. The zero-order valence-electron chi connectivity index (χ0n) is 28.4. The minimum absolute atomic E-state index is 0.0878. The molecule has 3 aromatic rings. The molecule has 0 bridgehead atoms. The van der Waals surface area contributed by atoms with Gasteiger partial charge in [-0.1, -0.05) is 42.5 Å². The summed E-state index contributed by atoms with van der Waals surface area (Å²) < 4.78 is 18.2. The highest BCUT2D eigenvalue weighted by molar-refractivity contribution is 5.98. The van der Waals surface area contributed by atoms with Crippen LogP contribution in [0.4, 0.5) is 10.6 Å². The molecule has 4 rings (SSSR count). The molecule has 0 saturated carbocycles. The summed E-state index contributed by atoms with van der Waals surface area (Å²) in [6, 6.07) is 14.8. The van der Waals surface area contributed by atoms with Crippen molar-refractivity contribution in [2.24, 2.45) is 0 Å². The number of carbonyl (C=O) groups is 4. The molecule has 0 spiro atoms. The van der Waals surface area contributed by atoms with Crippen LogP contribution in [0.2, 0.25) is 0 Å². The molecule has 48 heavy (non-hydrogen) atoms. The molecule has 2 unspecified atom stereocenters. The van der Waals surface area contributed by atoms with Gasteiger partial charge in [-0.25, -0.2) is 9.78 Å². The number of rotatable bonds is 13. The fraction of sp³-hybridized carbons (Fsp3) is 0.457. The predicted octanol–water partition coefficient (Wildman–Crippen LogP) is 4.05. The number of aromatic nitrogens is 2. The number of anilines is 1. The third-order valence-electron chi connectivity index (χ3n) is 7.61. The Kier molecular flexibility index (Phi) is 11.8. The maximum absolute atomic E-state index is 13.7. The van der Waals surface area contributed by atoms with Gasteiger partial charge in [0.25, 0.3) is 5.91 Å². The van der Waals surface area contributed by atoms with Crippen LogP contribution < -0.4 is 20.7 Å². The molecule has 1 fully saturated rings. The largest absolute Gasteiger partial charge is 0.497 e. The van der Waals surface area contributed by atoms with E-state index < -0.39 is 41.1 Å². The second-order valence-corrected chi connectivity index (χ2v) is 13.2. The predicted molar refractivity (Wildman–Crippen MR) is 179 cm³/mol. The Morgan fingerprint density at radius 3 is 2.33 bits per heavy atom. The van der Waals surface area contributed by atoms with E-state index in [4.69, 9.17) is 14.2 Å². The average Bonchev–Trinajstić information content (AvgIpc) is 3.73. The highest BCUT2D eigenvalue weighted by Gasteiger charge is 2.35. The Hall–Kier alpha value is -4.91. The lowest BCUT2D eigenvalue weighted by Crippen LogP contribution is -2.59. The fourth-order valence-corrected chi connectivity index (χ4v) is 5.13. The van der Waals surface area contributed by atoms with E-state index in [1.165, 1.54) is 20.2 Å². The van der Waals surface area contributed by atoms with Crippen LogP contribution in [0.15, 0.2) is 67.1 Å². The molecule has 3 N–H and O–H groups in total. The van der Waals surface area contributed by atoms with E-state index in [9.17, 15) is 19.2 Å². The van der Waals surface area contributed by atoms with Crippen LogP contribution in [-0.4, -0.2) is 82.3 Å². The van der Waals surface area contributed by atoms with Crippen LogP contribution in [0.5, 0.6) is 5.75 Å². The van der Waals surface area contributed by atoms with Gasteiger partial charge in [-0.05, 0) is 70.7 Å². The first-order chi connectivity index (χ1) is 22.8. The number of carbonyl (C=O) groups excluding carboxylic acids is 4. The van der Waals surface area contributed by atoms with Crippen molar-refractivity contribution in [2.75, 3.05) is 32.1 Å². The number of hydrogen-bond acceptors (Lipinski definition) is 8. The number of nitrogens with zero attached hydrogens (tertiary/aromatic N) is 3. The summed E-state index contributed by atoms with van der Waals surface area (Å²) in [5.41, 5.74) is -0.596. The van der Waals surface area contributed by atoms with E-state index in [2.05, 4.69) is 20.9 Å². The number of methoxy groups -OCH3 is 1. The van der Waals surface area contributed by atoms with Crippen molar-refractivity contribution in [3.8, 4) is 5.75 Å². The number of alkyl carbamates (subject to hydrolysis) is 1. The Morgan fingerprint density at radius 1 is 0.958 bits per heavy atom. The number of nitrogens with one attached hydrogen (secondary N) is 3. The van der Waals surface area contributed by atoms with E-state index >= 15 is 0 Å². The Morgan fingerprint density at radius 2 is 1.67 bits per heavy atom. The maximum Gasteiger partial charge on any atom is 0.408 e. The van der Waals surface area contributed by atoms with Gasteiger partial charge < -0.3 is 39.6 Å². The molecule has 0 aliphatic carbocycles. The Labute approximate surface area is 281 Å². The van der Waals surface area contributed by atoms with Crippen LogP contribution in [0.1, 0.15) is 64.6 Å². The third kappa shape index (κ3) is 10.0. The summed E-state index contributed by atoms with van der Waals surface area (Å²) in [5, 5.41) is 8.00. The molecule has 2 atom stereocenters. The smallest absolute Gasteiger partial charge is 0.408 e. The monoisotopic (exact) mass is 662 g/mol. The summed E-state index contributed by atoms with van der Waals surface area (Å²) in [6.45, 7) is 9.52. The number of likely N-dealkylation sites (tertiary alicyclic amines) is 1. The van der Waals surface area contributed by atoms with Crippen molar-refractivity contribution in [3.63, 3.8) is 0 Å².